The number of methoxy groups -OCH3 is 2. The van der Waals surface area contributed by atoms with Gasteiger partial charge < -0.3 is 19.9 Å². The van der Waals surface area contributed by atoms with E-state index in [2.05, 4.69) is 5.32 Å². The number of unbranched alkanes of at least 4 members (excludes halogenated alkanes) is 2. The first kappa shape index (κ1) is 14.8. The van der Waals surface area contributed by atoms with Crippen LogP contribution in [-0.2, 0) is 6.54 Å². The number of aliphatic hydroxyl groups excluding tert-OH is 1. The van der Waals surface area contributed by atoms with Gasteiger partial charge in [0, 0.05) is 24.8 Å². The largest absolute Gasteiger partial charge is 0.497 e. The van der Waals surface area contributed by atoms with Crippen molar-refractivity contribution in [2.45, 2.75) is 25.8 Å². The van der Waals surface area contributed by atoms with Gasteiger partial charge in [-0.3, -0.25) is 0 Å². The van der Waals surface area contributed by atoms with Crippen LogP contribution in [0, 0.1) is 0 Å². The fourth-order valence-corrected chi connectivity index (χ4v) is 1.76. The van der Waals surface area contributed by atoms with Crippen LogP contribution in [0.4, 0.5) is 0 Å². The zero-order chi connectivity index (χ0) is 13.2. The van der Waals surface area contributed by atoms with Crippen LogP contribution in [0.25, 0.3) is 0 Å². The van der Waals surface area contributed by atoms with E-state index in [4.69, 9.17) is 14.6 Å². The predicted octanol–water partition coefficient (Wildman–Crippen LogP) is 1.96. The zero-order valence-electron chi connectivity index (χ0n) is 11.2. The molecular weight excluding hydrogens is 230 g/mol. The average molecular weight is 253 g/mol. The normalized spacial score (nSPS) is 10.4. The molecule has 0 spiro atoms. The molecule has 4 nitrogen and oxygen atoms in total. The number of aliphatic hydroxyl groups is 1. The maximum atomic E-state index is 8.67. The van der Waals surface area contributed by atoms with Gasteiger partial charge >= 0.3 is 0 Å². The molecular formula is C14H23NO3. The van der Waals surface area contributed by atoms with Gasteiger partial charge in [-0.25, -0.2) is 0 Å². The first-order chi connectivity index (χ1) is 8.81. The summed E-state index contributed by atoms with van der Waals surface area (Å²) in [7, 11) is 3.31. The Balaban J connectivity index is 2.37. The lowest BCUT2D eigenvalue weighted by atomic mass is 10.2. The summed E-state index contributed by atoms with van der Waals surface area (Å²) in [4.78, 5) is 0. The summed E-state index contributed by atoms with van der Waals surface area (Å²) in [6, 6.07) is 5.84. The van der Waals surface area contributed by atoms with Crippen LogP contribution in [0.2, 0.25) is 0 Å². The maximum Gasteiger partial charge on any atom is 0.127 e. The Kier molecular flexibility index (Phi) is 7.22. The third-order valence-electron chi connectivity index (χ3n) is 2.82. The SMILES string of the molecule is COc1ccc(CNCCCCCO)c(OC)c1. The molecule has 0 aliphatic heterocycles. The van der Waals surface area contributed by atoms with Crippen LogP contribution in [0.1, 0.15) is 24.8 Å². The Morgan fingerprint density at radius 1 is 1.11 bits per heavy atom. The van der Waals surface area contributed by atoms with Gasteiger partial charge in [0.25, 0.3) is 0 Å². The summed E-state index contributed by atoms with van der Waals surface area (Å²) in [6.07, 6.45) is 3.02. The summed E-state index contributed by atoms with van der Waals surface area (Å²) in [6.45, 7) is 2.02. The van der Waals surface area contributed by atoms with E-state index < -0.39 is 0 Å². The van der Waals surface area contributed by atoms with Gasteiger partial charge in [0.05, 0.1) is 14.2 Å². The highest BCUT2D eigenvalue weighted by Gasteiger charge is 2.04. The van der Waals surface area contributed by atoms with Gasteiger partial charge in [-0.15, -0.1) is 0 Å². The van der Waals surface area contributed by atoms with Crippen LogP contribution in [0.15, 0.2) is 18.2 Å². The Bertz CT molecular complexity index is 342. The van der Waals surface area contributed by atoms with Crippen molar-refractivity contribution in [1.29, 1.82) is 0 Å². The van der Waals surface area contributed by atoms with E-state index in [1.165, 1.54) is 0 Å². The topological polar surface area (TPSA) is 50.7 Å². The lowest BCUT2D eigenvalue weighted by Gasteiger charge is -2.11. The minimum Gasteiger partial charge on any atom is -0.497 e. The molecule has 1 rings (SSSR count). The Labute approximate surface area is 109 Å². The predicted molar refractivity (Wildman–Crippen MR) is 72.2 cm³/mol. The van der Waals surface area contributed by atoms with E-state index >= 15 is 0 Å². The van der Waals surface area contributed by atoms with Gasteiger partial charge in [0.15, 0.2) is 0 Å². The summed E-state index contributed by atoms with van der Waals surface area (Å²) >= 11 is 0. The van der Waals surface area contributed by atoms with E-state index in [0.29, 0.717) is 0 Å². The number of benzene rings is 1. The molecule has 2 N–H and O–H groups in total. The minimum atomic E-state index is 0.284. The van der Waals surface area contributed by atoms with E-state index in [0.717, 1.165) is 49.4 Å². The Hall–Kier alpha value is -1.26. The van der Waals surface area contributed by atoms with Gasteiger partial charge in [0.2, 0.25) is 0 Å². The van der Waals surface area contributed by atoms with Crippen LogP contribution >= 0.6 is 0 Å². The standard InChI is InChI=1S/C14H23NO3/c1-17-13-7-6-12(14(10-13)18-2)11-15-8-4-3-5-9-16/h6-7,10,15-16H,3-5,8-9,11H2,1-2H3. The molecule has 0 atom stereocenters. The van der Waals surface area contributed by atoms with Crippen LogP contribution in [0.3, 0.4) is 0 Å². The fourth-order valence-electron chi connectivity index (χ4n) is 1.76. The van der Waals surface area contributed by atoms with Crippen molar-refractivity contribution in [2.75, 3.05) is 27.4 Å². The molecule has 0 bridgehead atoms. The molecule has 0 radical (unpaired) electrons. The highest BCUT2D eigenvalue weighted by molar-refractivity contribution is 5.40. The smallest absolute Gasteiger partial charge is 0.127 e. The number of rotatable bonds is 9. The maximum absolute atomic E-state index is 8.67. The van der Waals surface area contributed by atoms with E-state index in [1.807, 2.05) is 18.2 Å². The first-order valence-electron chi connectivity index (χ1n) is 6.34. The van der Waals surface area contributed by atoms with Gasteiger partial charge in [-0.1, -0.05) is 6.07 Å². The molecule has 0 saturated carbocycles. The molecule has 0 aromatic heterocycles. The van der Waals surface area contributed by atoms with E-state index in [9.17, 15) is 0 Å². The highest BCUT2D eigenvalue weighted by atomic mass is 16.5. The zero-order valence-corrected chi connectivity index (χ0v) is 11.2. The lowest BCUT2D eigenvalue weighted by molar-refractivity contribution is 0.283. The quantitative estimate of drug-likeness (QED) is 0.661. The Morgan fingerprint density at radius 3 is 2.61 bits per heavy atom. The molecule has 0 unspecified atom stereocenters. The summed E-state index contributed by atoms with van der Waals surface area (Å²) in [5, 5.41) is 12.0. The number of hydrogen-bond donors (Lipinski definition) is 2. The summed E-state index contributed by atoms with van der Waals surface area (Å²) in [5.41, 5.74) is 1.13. The second-order valence-corrected chi connectivity index (χ2v) is 4.14. The van der Waals surface area contributed by atoms with Crippen molar-refractivity contribution >= 4 is 0 Å². The van der Waals surface area contributed by atoms with Gasteiger partial charge in [0.1, 0.15) is 11.5 Å². The van der Waals surface area contributed by atoms with E-state index in [-0.39, 0.29) is 6.61 Å². The minimum absolute atomic E-state index is 0.284. The monoisotopic (exact) mass is 253 g/mol. The molecule has 0 heterocycles. The highest BCUT2D eigenvalue weighted by Crippen LogP contribution is 2.24. The van der Waals surface area contributed by atoms with Crippen LogP contribution in [-0.4, -0.2) is 32.5 Å². The third-order valence-corrected chi connectivity index (χ3v) is 2.82. The molecule has 18 heavy (non-hydrogen) atoms. The average Bonchev–Trinajstić information content (AvgIpc) is 2.42. The van der Waals surface area contributed by atoms with Gasteiger partial charge in [-0.2, -0.15) is 0 Å². The molecule has 0 fully saturated rings. The van der Waals surface area contributed by atoms with Crippen molar-refractivity contribution in [3.8, 4) is 11.5 Å². The molecule has 0 aliphatic rings. The molecule has 4 heteroatoms. The molecule has 1 aromatic carbocycles. The van der Waals surface area contributed by atoms with Crippen molar-refractivity contribution in [3.05, 3.63) is 23.8 Å². The lowest BCUT2D eigenvalue weighted by Crippen LogP contribution is -2.15. The number of nitrogens with one attached hydrogen (secondary N) is 1. The Morgan fingerprint density at radius 2 is 1.94 bits per heavy atom. The fraction of sp³-hybridized carbons (Fsp3) is 0.571. The summed E-state index contributed by atoms with van der Waals surface area (Å²) < 4.78 is 10.5. The second kappa shape index (κ2) is 8.78. The molecule has 0 aliphatic carbocycles. The third kappa shape index (κ3) is 4.94. The first-order valence-corrected chi connectivity index (χ1v) is 6.34. The molecule has 102 valence electrons. The van der Waals surface area contributed by atoms with Crippen molar-refractivity contribution in [2.24, 2.45) is 0 Å². The number of hydrogen-bond acceptors (Lipinski definition) is 4. The number of ether oxygens (including phenoxy) is 2. The second-order valence-electron chi connectivity index (χ2n) is 4.14. The van der Waals surface area contributed by atoms with Crippen molar-refractivity contribution in [1.82, 2.24) is 5.32 Å². The summed E-state index contributed by atoms with van der Waals surface area (Å²) in [5.74, 6) is 1.65. The van der Waals surface area contributed by atoms with Crippen molar-refractivity contribution in [3.63, 3.8) is 0 Å². The molecule has 0 saturated heterocycles. The van der Waals surface area contributed by atoms with Crippen molar-refractivity contribution < 1.29 is 14.6 Å². The molecule has 1 aromatic rings. The van der Waals surface area contributed by atoms with Crippen LogP contribution in [0.5, 0.6) is 11.5 Å². The van der Waals surface area contributed by atoms with Crippen LogP contribution < -0.4 is 14.8 Å². The molecule has 0 amide bonds. The van der Waals surface area contributed by atoms with Gasteiger partial charge in [-0.05, 0) is 31.9 Å². The van der Waals surface area contributed by atoms with E-state index in [1.54, 1.807) is 14.2 Å².